The van der Waals surface area contributed by atoms with Gasteiger partial charge in [-0.3, -0.25) is 15.1 Å². The van der Waals surface area contributed by atoms with E-state index < -0.39 is 5.54 Å². The Kier molecular flexibility index (Phi) is 3.38. The predicted molar refractivity (Wildman–Crippen MR) is 84.3 cm³/mol. The van der Waals surface area contributed by atoms with Crippen molar-refractivity contribution < 1.29 is 4.79 Å². The normalized spacial score (nSPS) is 29.9. The maximum Gasteiger partial charge on any atom is 0.231 e. The molecule has 1 unspecified atom stereocenters. The van der Waals surface area contributed by atoms with E-state index in [9.17, 15) is 4.79 Å². The summed E-state index contributed by atoms with van der Waals surface area (Å²) in [6, 6.07) is 2.18. The SMILES string of the molecule is CN1C(=N)N[C@](C)(c2cc(C3C=CSC3)cs2)CC1=O. The van der Waals surface area contributed by atoms with Gasteiger partial charge in [0.1, 0.15) is 0 Å². The van der Waals surface area contributed by atoms with Gasteiger partial charge in [-0.1, -0.05) is 6.08 Å². The van der Waals surface area contributed by atoms with E-state index >= 15 is 0 Å². The quantitative estimate of drug-likeness (QED) is 0.883. The van der Waals surface area contributed by atoms with Crippen molar-refractivity contribution >= 4 is 35.0 Å². The van der Waals surface area contributed by atoms with E-state index in [1.807, 2.05) is 18.7 Å². The number of thiophene rings is 1. The van der Waals surface area contributed by atoms with Gasteiger partial charge in [-0.15, -0.1) is 23.1 Å². The van der Waals surface area contributed by atoms with Crippen molar-refractivity contribution in [2.75, 3.05) is 12.8 Å². The lowest BCUT2D eigenvalue weighted by atomic mass is 9.91. The summed E-state index contributed by atoms with van der Waals surface area (Å²) in [6.45, 7) is 2.00. The standard InChI is InChI=1S/C14H17N3OS2/c1-14(6-12(18)17(2)13(15)16-14)11-5-10(8-20-11)9-3-4-19-7-9/h3-5,8-9H,6-7H2,1-2H3,(H2,15,16)/t9?,14-/m0/s1. The smallest absolute Gasteiger partial charge is 0.231 e. The van der Waals surface area contributed by atoms with Gasteiger partial charge in [0.05, 0.1) is 12.0 Å². The Bertz CT molecular complexity index is 575. The molecule has 6 heteroatoms. The van der Waals surface area contributed by atoms with Gasteiger partial charge in [0, 0.05) is 23.6 Å². The Morgan fingerprint density at radius 1 is 1.55 bits per heavy atom. The van der Waals surface area contributed by atoms with Crippen molar-refractivity contribution in [1.82, 2.24) is 10.2 Å². The summed E-state index contributed by atoms with van der Waals surface area (Å²) in [5, 5.41) is 15.4. The van der Waals surface area contributed by atoms with Crippen LogP contribution in [0.15, 0.2) is 22.9 Å². The molecule has 0 aromatic carbocycles. The minimum atomic E-state index is -0.459. The molecule has 106 valence electrons. The summed E-state index contributed by atoms with van der Waals surface area (Å²) in [6.07, 6.45) is 2.62. The molecule has 0 bridgehead atoms. The third-order valence-corrected chi connectivity index (χ3v) is 6.00. The third kappa shape index (κ3) is 2.27. The van der Waals surface area contributed by atoms with Crippen LogP contribution >= 0.6 is 23.1 Å². The first-order valence-electron chi connectivity index (χ1n) is 6.50. The summed E-state index contributed by atoms with van der Waals surface area (Å²) in [7, 11) is 1.64. The summed E-state index contributed by atoms with van der Waals surface area (Å²) in [5.74, 6) is 1.74. The number of amides is 1. The molecule has 1 aromatic heterocycles. The molecule has 0 radical (unpaired) electrons. The first-order chi connectivity index (χ1) is 9.49. The molecule has 0 saturated carbocycles. The van der Waals surface area contributed by atoms with E-state index in [-0.39, 0.29) is 11.9 Å². The number of nitrogens with zero attached hydrogens (tertiary/aromatic N) is 1. The van der Waals surface area contributed by atoms with Crippen LogP contribution in [0.25, 0.3) is 0 Å². The molecule has 0 aliphatic carbocycles. The van der Waals surface area contributed by atoms with Gasteiger partial charge in [-0.25, -0.2) is 0 Å². The molecule has 2 aliphatic rings. The molecule has 0 spiro atoms. The first-order valence-corrected chi connectivity index (χ1v) is 8.43. The Labute approximate surface area is 126 Å². The van der Waals surface area contributed by atoms with Crippen molar-refractivity contribution in [3.05, 3.63) is 33.4 Å². The number of rotatable bonds is 2. The topological polar surface area (TPSA) is 56.2 Å². The largest absolute Gasteiger partial charge is 0.345 e. The van der Waals surface area contributed by atoms with Crippen LogP contribution in [0.1, 0.15) is 29.7 Å². The monoisotopic (exact) mass is 307 g/mol. The average Bonchev–Trinajstić information content (AvgIpc) is 3.06. The van der Waals surface area contributed by atoms with Crippen molar-refractivity contribution in [2.24, 2.45) is 0 Å². The molecule has 1 saturated heterocycles. The Morgan fingerprint density at radius 3 is 3.00 bits per heavy atom. The Morgan fingerprint density at radius 2 is 2.35 bits per heavy atom. The number of guanidine groups is 1. The zero-order valence-corrected chi connectivity index (χ0v) is 13.1. The third-order valence-electron chi connectivity index (χ3n) is 3.88. The zero-order valence-electron chi connectivity index (χ0n) is 11.5. The van der Waals surface area contributed by atoms with Crippen LogP contribution in [0.5, 0.6) is 0 Å². The minimum absolute atomic E-state index is 0.0116. The number of hydrogen-bond donors (Lipinski definition) is 2. The second-order valence-electron chi connectivity index (χ2n) is 5.45. The molecule has 3 rings (SSSR count). The molecule has 1 fully saturated rings. The average molecular weight is 307 g/mol. The van der Waals surface area contributed by atoms with Gasteiger partial charge in [-0.05, 0) is 29.3 Å². The highest BCUT2D eigenvalue weighted by Crippen LogP contribution is 2.37. The number of thioether (sulfide) groups is 1. The lowest BCUT2D eigenvalue weighted by Crippen LogP contribution is -2.57. The van der Waals surface area contributed by atoms with Crippen LogP contribution in [0.2, 0.25) is 0 Å². The number of hydrogen-bond acceptors (Lipinski definition) is 4. The zero-order chi connectivity index (χ0) is 14.3. The number of allylic oxidation sites excluding steroid dienone is 1. The highest BCUT2D eigenvalue weighted by atomic mass is 32.2. The molecule has 2 aliphatic heterocycles. The van der Waals surface area contributed by atoms with Gasteiger partial charge in [0.2, 0.25) is 5.91 Å². The van der Waals surface area contributed by atoms with E-state index in [4.69, 9.17) is 5.41 Å². The summed E-state index contributed by atoms with van der Waals surface area (Å²) >= 11 is 3.51. The second kappa shape index (κ2) is 4.93. The van der Waals surface area contributed by atoms with Gasteiger partial charge in [0.15, 0.2) is 5.96 Å². The molecule has 1 amide bonds. The second-order valence-corrected chi connectivity index (χ2v) is 7.30. The fraction of sp³-hybridized carbons (Fsp3) is 0.429. The molecular formula is C14H17N3OS2. The van der Waals surface area contributed by atoms with Crippen LogP contribution in [0, 0.1) is 5.41 Å². The van der Waals surface area contributed by atoms with Gasteiger partial charge in [-0.2, -0.15) is 0 Å². The summed E-state index contributed by atoms with van der Waals surface area (Å²) < 4.78 is 0. The number of carbonyl (C=O) groups excluding carboxylic acids is 1. The molecule has 1 aromatic rings. The van der Waals surface area contributed by atoms with Crippen molar-refractivity contribution in [3.8, 4) is 0 Å². The molecule has 2 atom stereocenters. The highest BCUT2D eigenvalue weighted by molar-refractivity contribution is 8.02. The van der Waals surface area contributed by atoms with Gasteiger partial charge in [0.25, 0.3) is 0 Å². The highest BCUT2D eigenvalue weighted by Gasteiger charge is 2.39. The van der Waals surface area contributed by atoms with Crippen molar-refractivity contribution in [1.29, 1.82) is 5.41 Å². The fourth-order valence-electron chi connectivity index (χ4n) is 2.49. The van der Waals surface area contributed by atoms with E-state index in [2.05, 4.69) is 28.2 Å². The molecule has 4 nitrogen and oxygen atoms in total. The Hall–Kier alpha value is -1.27. The van der Waals surface area contributed by atoms with Crippen molar-refractivity contribution in [3.63, 3.8) is 0 Å². The van der Waals surface area contributed by atoms with Crippen molar-refractivity contribution in [2.45, 2.75) is 24.8 Å². The van der Waals surface area contributed by atoms with Crippen LogP contribution in [-0.2, 0) is 10.3 Å². The molecule has 3 heterocycles. The molecule has 2 N–H and O–H groups in total. The summed E-state index contributed by atoms with van der Waals surface area (Å²) in [4.78, 5) is 14.5. The number of carbonyl (C=O) groups is 1. The maximum atomic E-state index is 12.0. The Balaban J connectivity index is 1.86. The fourth-order valence-corrected chi connectivity index (χ4v) is 4.51. The summed E-state index contributed by atoms with van der Waals surface area (Å²) in [5.41, 5.74) is 0.853. The van der Waals surface area contributed by atoms with Crippen LogP contribution in [-0.4, -0.2) is 29.6 Å². The lowest BCUT2D eigenvalue weighted by molar-refractivity contribution is -0.129. The van der Waals surface area contributed by atoms with Crippen LogP contribution in [0.3, 0.4) is 0 Å². The lowest BCUT2D eigenvalue weighted by Gasteiger charge is -2.38. The van der Waals surface area contributed by atoms with E-state index in [1.165, 1.54) is 10.5 Å². The van der Waals surface area contributed by atoms with Gasteiger partial charge >= 0.3 is 0 Å². The predicted octanol–water partition coefficient (Wildman–Crippen LogP) is 2.69. The minimum Gasteiger partial charge on any atom is -0.345 e. The van der Waals surface area contributed by atoms with E-state index in [0.29, 0.717) is 12.3 Å². The molecule has 20 heavy (non-hydrogen) atoms. The van der Waals surface area contributed by atoms with E-state index in [0.717, 1.165) is 10.6 Å². The van der Waals surface area contributed by atoms with Crippen LogP contribution in [0.4, 0.5) is 0 Å². The number of nitrogens with one attached hydrogen (secondary N) is 2. The molecular weight excluding hydrogens is 290 g/mol. The first kappa shape index (κ1) is 13.7. The maximum absolute atomic E-state index is 12.0. The van der Waals surface area contributed by atoms with Gasteiger partial charge < -0.3 is 5.32 Å². The van der Waals surface area contributed by atoms with E-state index in [1.54, 1.807) is 18.4 Å². The van der Waals surface area contributed by atoms with Crippen LogP contribution < -0.4 is 5.32 Å².